The first-order chi connectivity index (χ1) is 7.99. The van der Waals surface area contributed by atoms with Crippen molar-refractivity contribution < 1.29 is 14.7 Å². The maximum atomic E-state index is 11.9. The van der Waals surface area contributed by atoms with Crippen LogP contribution in [0.3, 0.4) is 0 Å². The molecule has 0 aromatic rings. The maximum Gasteiger partial charge on any atom is 0.303 e. The zero-order chi connectivity index (χ0) is 12.8. The minimum absolute atomic E-state index is 0.0724. The molecule has 0 aromatic heterocycles. The average Bonchev–Trinajstić information content (AvgIpc) is 2.68. The maximum absolute atomic E-state index is 11.9. The van der Waals surface area contributed by atoms with Gasteiger partial charge in [0, 0.05) is 26.4 Å². The van der Waals surface area contributed by atoms with Crippen molar-refractivity contribution in [3.8, 4) is 0 Å². The van der Waals surface area contributed by atoms with E-state index in [1.165, 1.54) is 25.7 Å². The Hall–Kier alpha value is -1.06. The van der Waals surface area contributed by atoms with Crippen molar-refractivity contribution in [3.63, 3.8) is 0 Å². The van der Waals surface area contributed by atoms with Crippen molar-refractivity contribution in [1.29, 1.82) is 0 Å². The number of hydrogen-bond acceptors (Lipinski definition) is 2. The molecule has 98 valence electrons. The fraction of sp³-hybridized carbons (Fsp3) is 0.846. The van der Waals surface area contributed by atoms with Gasteiger partial charge >= 0.3 is 5.97 Å². The van der Waals surface area contributed by atoms with Crippen LogP contribution >= 0.6 is 0 Å². The van der Waals surface area contributed by atoms with Crippen LogP contribution in [-0.4, -0.2) is 35.5 Å². The number of carboxylic acid groups (broad SMARTS) is 1. The molecular formula is C13H23NO3. The van der Waals surface area contributed by atoms with Gasteiger partial charge in [-0.15, -0.1) is 0 Å². The molecule has 17 heavy (non-hydrogen) atoms. The molecule has 1 atom stereocenters. The fourth-order valence-corrected chi connectivity index (χ4v) is 2.51. The third kappa shape index (κ3) is 5.20. The van der Waals surface area contributed by atoms with Crippen molar-refractivity contribution in [2.75, 3.05) is 13.6 Å². The Morgan fingerprint density at radius 3 is 2.41 bits per heavy atom. The molecule has 0 radical (unpaired) electrons. The van der Waals surface area contributed by atoms with E-state index in [1.54, 1.807) is 4.90 Å². The van der Waals surface area contributed by atoms with Gasteiger partial charge in [-0.2, -0.15) is 0 Å². The van der Waals surface area contributed by atoms with Crippen LogP contribution in [0.2, 0.25) is 0 Å². The van der Waals surface area contributed by atoms with Crippen LogP contribution in [0.1, 0.15) is 45.4 Å². The number of carbonyl (C=O) groups excluding carboxylic acids is 1. The van der Waals surface area contributed by atoms with Crippen LogP contribution in [0.5, 0.6) is 0 Å². The number of hydrogen-bond donors (Lipinski definition) is 1. The van der Waals surface area contributed by atoms with E-state index in [9.17, 15) is 9.59 Å². The predicted octanol–water partition coefficient (Wildman–Crippen LogP) is 2.14. The molecule has 1 saturated carbocycles. The van der Waals surface area contributed by atoms with Crippen LogP contribution in [0, 0.1) is 11.8 Å². The van der Waals surface area contributed by atoms with Crippen molar-refractivity contribution in [1.82, 2.24) is 4.90 Å². The quantitative estimate of drug-likeness (QED) is 0.775. The van der Waals surface area contributed by atoms with E-state index in [4.69, 9.17) is 5.11 Å². The molecule has 1 fully saturated rings. The number of carbonyl (C=O) groups is 2. The summed E-state index contributed by atoms with van der Waals surface area (Å²) in [6.07, 6.45) is 5.42. The zero-order valence-corrected chi connectivity index (χ0v) is 10.8. The Balaban J connectivity index is 2.27. The number of amides is 1. The van der Waals surface area contributed by atoms with Gasteiger partial charge < -0.3 is 10.0 Å². The summed E-state index contributed by atoms with van der Waals surface area (Å²) in [5.74, 6) is -0.181. The Morgan fingerprint density at radius 2 is 1.88 bits per heavy atom. The largest absolute Gasteiger partial charge is 0.481 e. The molecule has 1 aliphatic carbocycles. The molecule has 1 N–H and O–H groups in total. The van der Waals surface area contributed by atoms with Crippen LogP contribution < -0.4 is 0 Å². The average molecular weight is 241 g/mol. The van der Waals surface area contributed by atoms with Crippen LogP contribution in [0.15, 0.2) is 0 Å². The van der Waals surface area contributed by atoms with E-state index in [1.807, 2.05) is 14.0 Å². The van der Waals surface area contributed by atoms with Crippen molar-refractivity contribution in [3.05, 3.63) is 0 Å². The monoisotopic (exact) mass is 241 g/mol. The lowest BCUT2D eigenvalue weighted by Gasteiger charge is -2.22. The molecule has 1 aliphatic rings. The summed E-state index contributed by atoms with van der Waals surface area (Å²) in [6, 6.07) is 0. The molecule has 0 heterocycles. The zero-order valence-electron chi connectivity index (χ0n) is 10.8. The summed E-state index contributed by atoms with van der Waals surface area (Å²) >= 11 is 0. The van der Waals surface area contributed by atoms with Gasteiger partial charge in [0.2, 0.25) is 5.91 Å². The Morgan fingerprint density at radius 1 is 1.29 bits per heavy atom. The number of aliphatic carboxylic acids is 1. The van der Waals surface area contributed by atoms with Gasteiger partial charge in [-0.3, -0.25) is 9.59 Å². The van der Waals surface area contributed by atoms with Gasteiger partial charge in [-0.25, -0.2) is 0 Å². The van der Waals surface area contributed by atoms with E-state index >= 15 is 0 Å². The van der Waals surface area contributed by atoms with Gasteiger partial charge in [0.25, 0.3) is 0 Å². The molecule has 1 unspecified atom stereocenters. The van der Waals surface area contributed by atoms with Gasteiger partial charge in [0.15, 0.2) is 0 Å². The van der Waals surface area contributed by atoms with Gasteiger partial charge in [0.05, 0.1) is 0 Å². The van der Waals surface area contributed by atoms with Gasteiger partial charge in [-0.1, -0.05) is 19.8 Å². The van der Waals surface area contributed by atoms with E-state index in [0.717, 1.165) is 6.54 Å². The number of rotatable bonds is 6. The third-order valence-electron chi connectivity index (χ3n) is 3.48. The molecule has 4 nitrogen and oxygen atoms in total. The topological polar surface area (TPSA) is 57.6 Å². The molecule has 4 heteroatoms. The van der Waals surface area contributed by atoms with E-state index in [-0.39, 0.29) is 18.2 Å². The molecule has 0 saturated heterocycles. The highest BCUT2D eigenvalue weighted by atomic mass is 16.4. The third-order valence-corrected chi connectivity index (χ3v) is 3.48. The van der Waals surface area contributed by atoms with Crippen molar-refractivity contribution >= 4 is 11.9 Å². The van der Waals surface area contributed by atoms with Crippen molar-refractivity contribution in [2.24, 2.45) is 11.8 Å². The smallest absolute Gasteiger partial charge is 0.303 e. The number of carboxylic acids is 1. The molecule has 0 aliphatic heterocycles. The second kappa shape index (κ2) is 6.62. The molecule has 0 spiro atoms. The summed E-state index contributed by atoms with van der Waals surface area (Å²) in [5.41, 5.74) is 0. The summed E-state index contributed by atoms with van der Waals surface area (Å²) in [4.78, 5) is 24.1. The summed E-state index contributed by atoms with van der Waals surface area (Å²) < 4.78 is 0. The Kier molecular flexibility index (Phi) is 5.45. The van der Waals surface area contributed by atoms with Crippen LogP contribution in [-0.2, 0) is 9.59 Å². The lowest BCUT2D eigenvalue weighted by atomic mass is 10.0. The first-order valence-corrected chi connectivity index (χ1v) is 6.44. The van der Waals surface area contributed by atoms with Crippen molar-refractivity contribution in [2.45, 2.75) is 45.4 Å². The van der Waals surface area contributed by atoms with Crippen LogP contribution in [0.25, 0.3) is 0 Å². The molecule has 1 amide bonds. The second-order valence-electron chi connectivity index (χ2n) is 5.33. The SMILES string of the molecule is CC(CC(=O)O)CC(=O)N(C)CC1CCCC1. The normalized spacial score (nSPS) is 18.0. The van der Waals surface area contributed by atoms with Gasteiger partial charge in [-0.05, 0) is 24.7 Å². The number of nitrogens with zero attached hydrogens (tertiary/aromatic N) is 1. The van der Waals surface area contributed by atoms with Gasteiger partial charge in [0.1, 0.15) is 0 Å². The lowest BCUT2D eigenvalue weighted by molar-refractivity contribution is -0.138. The highest BCUT2D eigenvalue weighted by Crippen LogP contribution is 2.25. The minimum Gasteiger partial charge on any atom is -0.481 e. The highest BCUT2D eigenvalue weighted by molar-refractivity contribution is 5.77. The standard InChI is InChI=1S/C13H23NO3/c1-10(8-13(16)17)7-12(15)14(2)9-11-5-3-4-6-11/h10-11H,3-9H2,1-2H3,(H,16,17). The predicted molar refractivity (Wildman–Crippen MR) is 65.6 cm³/mol. The summed E-state index contributed by atoms with van der Waals surface area (Å²) in [6.45, 7) is 2.65. The molecule has 1 rings (SSSR count). The molecule has 0 aromatic carbocycles. The fourth-order valence-electron chi connectivity index (χ4n) is 2.51. The molecular weight excluding hydrogens is 218 g/mol. The second-order valence-corrected chi connectivity index (χ2v) is 5.33. The minimum atomic E-state index is -0.830. The van der Waals surface area contributed by atoms with E-state index in [0.29, 0.717) is 12.3 Å². The van der Waals surface area contributed by atoms with Crippen LogP contribution in [0.4, 0.5) is 0 Å². The first kappa shape index (κ1) is 14.0. The molecule has 0 bridgehead atoms. The van der Waals surface area contributed by atoms with E-state index < -0.39 is 5.97 Å². The van der Waals surface area contributed by atoms with E-state index in [2.05, 4.69) is 0 Å². The summed E-state index contributed by atoms with van der Waals surface area (Å²) in [5, 5.41) is 8.64. The summed E-state index contributed by atoms with van der Waals surface area (Å²) in [7, 11) is 1.83. The Labute approximate surface area is 103 Å². The Bertz CT molecular complexity index is 272. The lowest BCUT2D eigenvalue weighted by Crippen LogP contribution is -2.32. The highest BCUT2D eigenvalue weighted by Gasteiger charge is 2.21. The first-order valence-electron chi connectivity index (χ1n) is 6.44.